The predicted octanol–water partition coefficient (Wildman–Crippen LogP) is 4.83. The first-order chi connectivity index (χ1) is 16.6. The number of carbonyl (C=O) groups excluding carboxylic acids is 3. The highest BCUT2D eigenvalue weighted by molar-refractivity contribution is 6.30. The first kappa shape index (κ1) is 24.8. The molecule has 0 bridgehead atoms. The zero-order valence-corrected chi connectivity index (χ0v) is 21.3. The fraction of sp³-hybridized carbons (Fsp3) is 0.370. The van der Waals surface area contributed by atoms with Gasteiger partial charge in [0.2, 0.25) is 11.8 Å². The van der Waals surface area contributed by atoms with Crippen molar-refractivity contribution < 1.29 is 14.4 Å². The van der Waals surface area contributed by atoms with E-state index in [2.05, 4.69) is 24.5 Å². The van der Waals surface area contributed by atoms with Gasteiger partial charge in [-0.25, -0.2) is 0 Å². The average Bonchev–Trinajstić information content (AvgIpc) is 3.09. The van der Waals surface area contributed by atoms with E-state index in [4.69, 9.17) is 11.6 Å². The summed E-state index contributed by atoms with van der Waals surface area (Å²) >= 11 is 6.21. The zero-order chi connectivity index (χ0) is 25.3. The zero-order valence-electron chi connectivity index (χ0n) is 20.5. The fourth-order valence-corrected chi connectivity index (χ4v) is 4.87. The number of fused-ring (bicyclic) bond motifs is 3. The van der Waals surface area contributed by atoms with Crippen LogP contribution in [-0.4, -0.2) is 39.3 Å². The van der Waals surface area contributed by atoms with E-state index in [0.717, 1.165) is 22.9 Å². The molecule has 184 valence electrons. The van der Waals surface area contributed by atoms with Crippen LogP contribution in [0, 0.1) is 5.92 Å². The molecule has 0 radical (unpaired) electrons. The van der Waals surface area contributed by atoms with Gasteiger partial charge in [-0.05, 0) is 43.0 Å². The van der Waals surface area contributed by atoms with E-state index in [1.54, 1.807) is 24.0 Å². The topological polar surface area (TPSA) is 83.4 Å². The van der Waals surface area contributed by atoms with Gasteiger partial charge in [-0.2, -0.15) is 0 Å². The lowest BCUT2D eigenvalue weighted by molar-refractivity contribution is -0.133. The van der Waals surface area contributed by atoms with Crippen LogP contribution in [0.1, 0.15) is 50.2 Å². The Morgan fingerprint density at radius 2 is 1.89 bits per heavy atom. The molecular weight excluding hydrogens is 464 g/mol. The highest BCUT2D eigenvalue weighted by Gasteiger charge is 2.48. The van der Waals surface area contributed by atoms with Crippen molar-refractivity contribution in [1.29, 1.82) is 0 Å². The molecule has 7 nitrogen and oxygen atoms in total. The summed E-state index contributed by atoms with van der Waals surface area (Å²) in [7, 11) is 0. The summed E-state index contributed by atoms with van der Waals surface area (Å²) in [6.45, 7) is 8.41. The van der Waals surface area contributed by atoms with Crippen LogP contribution >= 0.6 is 11.6 Å². The Morgan fingerprint density at radius 3 is 2.57 bits per heavy atom. The molecule has 0 saturated carbocycles. The van der Waals surface area contributed by atoms with Gasteiger partial charge < -0.3 is 20.1 Å². The molecule has 0 aliphatic carbocycles. The summed E-state index contributed by atoms with van der Waals surface area (Å²) in [5, 5.41) is 7.22. The van der Waals surface area contributed by atoms with Gasteiger partial charge in [0.15, 0.2) is 0 Å². The second-order valence-corrected chi connectivity index (χ2v) is 10.2. The minimum atomic E-state index is -1.15. The maximum absolute atomic E-state index is 14.1. The molecule has 3 amide bonds. The number of amides is 3. The number of carbonyl (C=O) groups is 3. The van der Waals surface area contributed by atoms with E-state index < -0.39 is 5.54 Å². The number of hydrogen-bond donors (Lipinski definition) is 2. The van der Waals surface area contributed by atoms with Gasteiger partial charge >= 0.3 is 0 Å². The van der Waals surface area contributed by atoms with E-state index in [0.29, 0.717) is 28.9 Å². The Morgan fingerprint density at radius 1 is 1.14 bits per heavy atom. The van der Waals surface area contributed by atoms with Gasteiger partial charge in [-0.1, -0.05) is 55.8 Å². The number of aromatic nitrogens is 1. The normalized spacial score (nSPS) is 17.5. The lowest BCUT2D eigenvalue weighted by Crippen LogP contribution is -2.63. The third kappa shape index (κ3) is 4.78. The molecule has 1 aliphatic rings. The quantitative estimate of drug-likeness (QED) is 0.493. The average molecular weight is 495 g/mol. The molecule has 0 fully saturated rings. The van der Waals surface area contributed by atoms with Crippen molar-refractivity contribution >= 4 is 45.9 Å². The van der Waals surface area contributed by atoms with Crippen molar-refractivity contribution in [1.82, 2.24) is 14.8 Å². The van der Waals surface area contributed by atoms with Gasteiger partial charge in [0.25, 0.3) is 5.91 Å². The van der Waals surface area contributed by atoms with Crippen molar-refractivity contribution in [3.05, 3.63) is 64.8 Å². The molecule has 1 aromatic heterocycles. The summed E-state index contributed by atoms with van der Waals surface area (Å²) in [4.78, 5) is 41.4. The van der Waals surface area contributed by atoms with E-state index >= 15 is 0 Å². The second-order valence-electron chi connectivity index (χ2n) is 9.74. The van der Waals surface area contributed by atoms with Crippen LogP contribution in [0.25, 0.3) is 10.9 Å². The molecule has 2 heterocycles. The molecule has 0 spiro atoms. The maximum atomic E-state index is 14.1. The Bertz CT molecular complexity index is 1300. The van der Waals surface area contributed by atoms with Gasteiger partial charge in [0.05, 0.1) is 17.7 Å². The largest absolute Gasteiger partial charge is 0.354 e. The SMILES string of the molecule is CC(=O)Nc1c2n(c3ccccc13)C[C@@](C)(C(=O)NCCC(C)C)N(Cc1cccc(Cl)c1)C2=O. The van der Waals surface area contributed by atoms with Crippen molar-refractivity contribution in [2.45, 2.75) is 52.7 Å². The number of halogens is 1. The molecule has 35 heavy (non-hydrogen) atoms. The van der Waals surface area contributed by atoms with Gasteiger partial charge in [-0.3, -0.25) is 14.4 Å². The Balaban J connectivity index is 1.84. The Labute approximate surface area is 210 Å². The summed E-state index contributed by atoms with van der Waals surface area (Å²) in [5.74, 6) is -0.354. The lowest BCUT2D eigenvalue weighted by atomic mass is 9.93. The molecule has 2 aromatic carbocycles. The van der Waals surface area contributed by atoms with Crippen molar-refractivity contribution in [3.8, 4) is 0 Å². The number of hydrogen-bond acceptors (Lipinski definition) is 3. The maximum Gasteiger partial charge on any atom is 0.273 e. The van der Waals surface area contributed by atoms with Crippen LogP contribution < -0.4 is 10.6 Å². The Kier molecular flexibility index (Phi) is 6.90. The fourth-order valence-electron chi connectivity index (χ4n) is 4.66. The molecule has 1 aliphatic heterocycles. The van der Waals surface area contributed by atoms with Crippen LogP contribution in [-0.2, 0) is 22.7 Å². The van der Waals surface area contributed by atoms with Gasteiger partial charge in [-0.15, -0.1) is 0 Å². The van der Waals surface area contributed by atoms with Crippen LogP contribution in [0.2, 0.25) is 5.02 Å². The van der Waals surface area contributed by atoms with Gasteiger partial charge in [0.1, 0.15) is 11.2 Å². The Hall–Kier alpha value is -3.32. The van der Waals surface area contributed by atoms with E-state index in [1.165, 1.54) is 6.92 Å². The summed E-state index contributed by atoms with van der Waals surface area (Å²) in [5.41, 5.74) is 1.30. The van der Waals surface area contributed by atoms with E-state index in [-0.39, 0.29) is 30.8 Å². The number of anilines is 1. The molecule has 4 rings (SSSR count). The van der Waals surface area contributed by atoms with Crippen LogP contribution in [0.4, 0.5) is 5.69 Å². The molecule has 3 aromatic rings. The molecule has 8 heteroatoms. The molecule has 2 N–H and O–H groups in total. The monoisotopic (exact) mass is 494 g/mol. The van der Waals surface area contributed by atoms with Crippen LogP contribution in [0.15, 0.2) is 48.5 Å². The summed E-state index contributed by atoms with van der Waals surface area (Å²) in [6.07, 6.45) is 0.842. The first-order valence-electron chi connectivity index (χ1n) is 11.9. The lowest BCUT2D eigenvalue weighted by Gasteiger charge is -2.44. The number of nitrogens with one attached hydrogen (secondary N) is 2. The van der Waals surface area contributed by atoms with Crippen molar-refractivity contribution in [2.75, 3.05) is 11.9 Å². The third-order valence-corrected chi connectivity index (χ3v) is 6.74. The molecule has 0 saturated heterocycles. The molecule has 0 unspecified atom stereocenters. The van der Waals surface area contributed by atoms with E-state index in [1.807, 2.05) is 41.0 Å². The molecular formula is C27H31ClN4O3. The minimum Gasteiger partial charge on any atom is -0.354 e. The van der Waals surface area contributed by atoms with Gasteiger partial charge in [0, 0.05) is 30.4 Å². The predicted molar refractivity (Wildman–Crippen MR) is 138 cm³/mol. The highest BCUT2D eigenvalue weighted by atomic mass is 35.5. The first-order valence-corrected chi connectivity index (χ1v) is 12.2. The molecule has 1 atom stereocenters. The van der Waals surface area contributed by atoms with Crippen LogP contribution in [0.5, 0.6) is 0 Å². The smallest absolute Gasteiger partial charge is 0.273 e. The third-order valence-electron chi connectivity index (χ3n) is 6.51. The van der Waals surface area contributed by atoms with Crippen molar-refractivity contribution in [3.63, 3.8) is 0 Å². The number of nitrogens with zero attached hydrogens (tertiary/aromatic N) is 2. The van der Waals surface area contributed by atoms with E-state index in [9.17, 15) is 14.4 Å². The highest BCUT2D eigenvalue weighted by Crippen LogP contribution is 2.39. The number of benzene rings is 2. The van der Waals surface area contributed by atoms with Crippen LogP contribution in [0.3, 0.4) is 0 Å². The summed E-state index contributed by atoms with van der Waals surface area (Å²) < 4.78 is 1.86. The standard InChI is InChI=1S/C27H31ClN4O3/c1-17(2)12-13-29-26(35)27(4)16-31-22-11-6-5-10-21(22)23(30-18(3)33)24(31)25(34)32(27)15-19-8-7-9-20(28)14-19/h5-11,14,17H,12-13,15-16H2,1-4H3,(H,29,35)(H,30,33)/t27-/m0/s1. The van der Waals surface area contributed by atoms with Crippen molar-refractivity contribution in [2.24, 2.45) is 5.92 Å². The second kappa shape index (κ2) is 9.74. The number of para-hydroxylation sites is 1. The summed E-state index contributed by atoms with van der Waals surface area (Å²) in [6, 6.07) is 14.8. The number of rotatable bonds is 7. The minimum absolute atomic E-state index is 0.203.